The Kier molecular flexibility index (Phi) is 4.46. The van der Waals surface area contributed by atoms with Crippen LogP contribution in [-0.2, 0) is 0 Å². The fraction of sp³-hybridized carbons (Fsp3) is 0.333. The molecule has 0 heterocycles. The lowest BCUT2D eigenvalue weighted by Gasteiger charge is -2.26. The number of benzene rings is 2. The fourth-order valence-corrected chi connectivity index (χ4v) is 2.59. The third kappa shape index (κ3) is 3.02. The van der Waals surface area contributed by atoms with E-state index in [4.69, 9.17) is 0 Å². The quantitative estimate of drug-likeness (QED) is 0.901. The van der Waals surface area contributed by atoms with Crippen LogP contribution in [0.15, 0.2) is 42.5 Å². The maximum absolute atomic E-state index is 3.21. The number of rotatable bonds is 4. The molecule has 0 aromatic heterocycles. The first-order valence-corrected chi connectivity index (χ1v) is 7.04. The van der Waals surface area contributed by atoms with Crippen LogP contribution >= 0.6 is 0 Å². The normalized spacial score (nSPS) is 12.5. The van der Waals surface area contributed by atoms with Gasteiger partial charge in [0.05, 0.1) is 6.04 Å². The van der Waals surface area contributed by atoms with Crippen molar-refractivity contribution >= 4 is 5.69 Å². The Morgan fingerprint density at radius 3 is 2.20 bits per heavy atom. The Hall–Kier alpha value is -1.80. The number of hydrogen-bond acceptors (Lipinski definition) is 2. The van der Waals surface area contributed by atoms with E-state index in [2.05, 4.69) is 80.6 Å². The predicted molar refractivity (Wildman–Crippen MR) is 87.4 cm³/mol. The molecule has 2 aromatic rings. The van der Waals surface area contributed by atoms with Gasteiger partial charge in [0.1, 0.15) is 0 Å². The molecule has 0 aliphatic carbocycles. The van der Waals surface area contributed by atoms with Gasteiger partial charge in [0.2, 0.25) is 0 Å². The molecule has 0 bridgehead atoms. The van der Waals surface area contributed by atoms with Crippen molar-refractivity contribution in [2.45, 2.75) is 19.9 Å². The summed E-state index contributed by atoms with van der Waals surface area (Å²) in [6.45, 7) is 4.33. The average molecular weight is 268 g/mol. The highest BCUT2D eigenvalue weighted by atomic mass is 15.1. The molecule has 0 radical (unpaired) electrons. The second-order valence-corrected chi connectivity index (χ2v) is 5.59. The van der Waals surface area contributed by atoms with Crippen LogP contribution < -0.4 is 5.32 Å². The van der Waals surface area contributed by atoms with Crippen LogP contribution in [0.4, 0.5) is 5.69 Å². The lowest BCUT2D eigenvalue weighted by Crippen LogP contribution is -2.21. The monoisotopic (exact) mass is 268 g/mol. The molecule has 2 heteroatoms. The van der Waals surface area contributed by atoms with Gasteiger partial charge in [-0.25, -0.2) is 0 Å². The largest absolute Gasteiger partial charge is 0.388 e. The summed E-state index contributed by atoms with van der Waals surface area (Å²) in [6, 6.07) is 15.6. The highest BCUT2D eigenvalue weighted by Gasteiger charge is 2.17. The van der Waals surface area contributed by atoms with E-state index in [-0.39, 0.29) is 6.04 Å². The van der Waals surface area contributed by atoms with E-state index in [9.17, 15) is 0 Å². The summed E-state index contributed by atoms with van der Waals surface area (Å²) >= 11 is 0. The number of aryl methyl sites for hydroxylation is 2. The average Bonchev–Trinajstić information content (AvgIpc) is 2.43. The molecule has 0 aliphatic rings. The molecule has 0 saturated heterocycles. The maximum atomic E-state index is 3.21. The molecule has 106 valence electrons. The van der Waals surface area contributed by atoms with E-state index in [0.717, 1.165) is 5.69 Å². The zero-order valence-electron chi connectivity index (χ0n) is 13.1. The SMILES string of the molecule is CNc1cccc(C(c2ccc(C)c(C)c2)N(C)C)c1. The van der Waals surface area contributed by atoms with Crippen LogP contribution in [0, 0.1) is 13.8 Å². The van der Waals surface area contributed by atoms with E-state index in [0.29, 0.717) is 0 Å². The summed E-state index contributed by atoms with van der Waals surface area (Å²) in [5.74, 6) is 0. The molecule has 0 amide bonds. The van der Waals surface area contributed by atoms with Crippen molar-refractivity contribution in [2.75, 3.05) is 26.5 Å². The van der Waals surface area contributed by atoms with Gasteiger partial charge in [0, 0.05) is 12.7 Å². The molecule has 20 heavy (non-hydrogen) atoms. The summed E-state index contributed by atoms with van der Waals surface area (Å²) in [5.41, 5.74) is 6.49. The zero-order valence-corrected chi connectivity index (χ0v) is 13.1. The molecule has 0 saturated carbocycles. The lowest BCUT2D eigenvalue weighted by atomic mass is 9.94. The van der Waals surface area contributed by atoms with Gasteiger partial charge in [-0.2, -0.15) is 0 Å². The van der Waals surface area contributed by atoms with Gasteiger partial charge in [0.25, 0.3) is 0 Å². The first kappa shape index (κ1) is 14.6. The second kappa shape index (κ2) is 6.10. The van der Waals surface area contributed by atoms with Crippen LogP contribution in [0.1, 0.15) is 28.3 Å². The Balaban J connectivity index is 2.47. The molecule has 1 unspecified atom stereocenters. The van der Waals surface area contributed by atoms with Gasteiger partial charge >= 0.3 is 0 Å². The summed E-state index contributed by atoms with van der Waals surface area (Å²) in [4.78, 5) is 2.26. The van der Waals surface area contributed by atoms with E-state index in [1.165, 1.54) is 22.3 Å². The first-order valence-electron chi connectivity index (χ1n) is 7.04. The van der Waals surface area contributed by atoms with Gasteiger partial charge in [-0.15, -0.1) is 0 Å². The molecular weight excluding hydrogens is 244 g/mol. The number of anilines is 1. The Bertz CT molecular complexity index is 588. The molecule has 2 rings (SSSR count). The van der Waals surface area contributed by atoms with Crippen LogP contribution in [0.25, 0.3) is 0 Å². The smallest absolute Gasteiger partial charge is 0.0597 e. The molecular formula is C18H24N2. The Labute approximate surface area is 122 Å². The zero-order chi connectivity index (χ0) is 14.7. The van der Waals surface area contributed by atoms with Crippen LogP contribution in [0.5, 0.6) is 0 Å². The summed E-state index contributed by atoms with van der Waals surface area (Å²) in [5, 5.41) is 3.21. The molecule has 1 atom stereocenters. The highest BCUT2D eigenvalue weighted by Crippen LogP contribution is 2.29. The van der Waals surface area contributed by atoms with E-state index in [1.54, 1.807) is 0 Å². The third-order valence-corrected chi connectivity index (χ3v) is 3.85. The molecule has 2 aromatic carbocycles. The summed E-state index contributed by atoms with van der Waals surface area (Å²) in [6.07, 6.45) is 0. The second-order valence-electron chi connectivity index (χ2n) is 5.59. The van der Waals surface area contributed by atoms with E-state index in [1.807, 2.05) is 7.05 Å². The maximum Gasteiger partial charge on any atom is 0.0597 e. The van der Waals surface area contributed by atoms with Gasteiger partial charge in [-0.3, -0.25) is 4.90 Å². The number of nitrogens with zero attached hydrogens (tertiary/aromatic N) is 1. The molecule has 0 spiro atoms. The Morgan fingerprint density at radius 2 is 1.60 bits per heavy atom. The van der Waals surface area contributed by atoms with Crippen molar-refractivity contribution in [1.29, 1.82) is 0 Å². The topological polar surface area (TPSA) is 15.3 Å². The minimum Gasteiger partial charge on any atom is -0.388 e. The predicted octanol–water partition coefficient (Wildman–Crippen LogP) is 4.00. The van der Waals surface area contributed by atoms with E-state index < -0.39 is 0 Å². The van der Waals surface area contributed by atoms with Crippen molar-refractivity contribution in [3.05, 3.63) is 64.7 Å². The minimum atomic E-state index is 0.280. The summed E-state index contributed by atoms with van der Waals surface area (Å²) < 4.78 is 0. The Morgan fingerprint density at radius 1 is 0.900 bits per heavy atom. The van der Waals surface area contributed by atoms with Gasteiger partial charge in [-0.1, -0.05) is 30.3 Å². The van der Waals surface area contributed by atoms with Crippen LogP contribution in [0.3, 0.4) is 0 Å². The standard InChI is InChI=1S/C18H24N2/c1-13-9-10-16(11-14(13)2)18(20(4)5)15-7-6-8-17(12-15)19-3/h6-12,18-19H,1-5H3. The fourth-order valence-electron chi connectivity index (χ4n) is 2.59. The first-order chi connectivity index (χ1) is 9.52. The van der Waals surface area contributed by atoms with Crippen molar-refractivity contribution in [3.63, 3.8) is 0 Å². The highest BCUT2D eigenvalue weighted by molar-refractivity contribution is 5.48. The van der Waals surface area contributed by atoms with Gasteiger partial charge in [0.15, 0.2) is 0 Å². The molecule has 0 aliphatic heterocycles. The van der Waals surface area contributed by atoms with Crippen LogP contribution in [0.2, 0.25) is 0 Å². The molecule has 0 fully saturated rings. The number of nitrogens with one attached hydrogen (secondary N) is 1. The van der Waals surface area contributed by atoms with Crippen molar-refractivity contribution in [1.82, 2.24) is 4.90 Å². The summed E-state index contributed by atoms with van der Waals surface area (Å²) in [7, 11) is 6.22. The van der Waals surface area contributed by atoms with Gasteiger partial charge < -0.3 is 5.32 Å². The number of hydrogen-bond donors (Lipinski definition) is 1. The van der Waals surface area contributed by atoms with Crippen LogP contribution in [-0.4, -0.2) is 26.0 Å². The third-order valence-electron chi connectivity index (χ3n) is 3.85. The van der Waals surface area contributed by atoms with Crippen molar-refractivity contribution < 1.29 is 0 Å². The lowest BCUT2D eigenvalue weighted by molar-refractivity contribution is 0.342. The van der Waals surface area contributed by atoms with E-state index >= 15 is 0 Å². The van der Waals surface area contributed by atoms with Gasteiger partial charge in [-0.05, 0) is 62.3 Å². The van der Waals surface area contributed by atoms with Crippen molar-refractivity contribution in [2.24, 2.45) is 0 Å². The molecule has 2 nitrogen and oxygen atoms in total. The molecule has 1 N–H and O–H groups in total. The van der Waals surface area contributed by atoms with Crippen molar-refractivity contribution in [3.8, 4) is 0 Å². The minimum absolute atomic E-state index is 0.280.